The van der Waals surface area contributed by atoms with Crippen LogP contribution in [0.5, 0.6) is 0 Å². The summed E-state index contributed by atoms with van der Waals surface area (Å²) in [5.74, 6) is 1.90. The third kappa shape index (κ3) is 3.57. The molecule has 1 unspecified atom stereocenters. The van der Waals surface area contributed by atoms with Crippen molar-refractivity contribution in [1.82, 2.24) is 20.0 Å². The van der Waals surface area contributed by atoms with Crippen molar-refractivity contribution in [3.63, 3.8) is 0 Å². The Kier molecular flexibility index (Phi) is 4.76. The molecule has 2 aliphatic rings. The number of rotatable bonds is 4. The smallest absolute Gasteiger partial charge is 0.249 e. The van der Waals surface area contributed by atoms with E-state index < -0.39 is 0 Å². The van der Waals surface area contributed by atoms with Crippen LogP contribution in [-0.4, -0.2) is 32.5 Å². The predicted octanol–water partition coefficient (Wildman–Crippen LogP) is 3.77. The highest BCUT2D eigenvalue weighted by molar-refractivity contribution is 5.77. The minimum absolute atomic E-state index is 0.0828. The van der Waals surface area contributed by atoms with Crippen molar-refractivity contribution in [1.29, 1.82) is 0 Å². The lowest BCUT2D eigenvalue weighted by Gasteiger charge is -2.34. The van der Waals surface area contributed by atoms with Gasteiger partial charge in [0.2, 0.25) is 17.6 Å². The van der Waals surface area contributed by atoms with Crippen LogP contribution in [-0.2, 0) is 4.79 Å². The van der Waals surface area contributed by atoms with Crippen LogP contribution < -0.4 is 0 Å². The molecule has 1 saturated heterocycles. The van der Waals surface area contributed by atoms with Gasteiger partial charge in [0.05, 0.1) is 0 Å². The van der Waals surface area contributed by atoms with Gasteiger partial charge in [0.15, 0.2) is 0 Å². The molecule has 132 valence electrons. The standard InChI is InChI=1S/C19H24N4O2/c24-17(12-14-6-1-2-7-14)23-11-4-3-9-16(23)19-21-18(22-25-19)15-8-5-10-20-13-15/h5,8,10,13-14,16H,1-4,6-7,9,11-12H2. The van der Waals surface area contributed by atoms with Gasteiger partial charge in [-0.2, -0.15) is 4.98 Å². The zero-order valence-electron chi connectivity index (χ0n) is 14.4. The molecular formula is C19H24N4O2. The second-order valence-corrected chi connectivity index (χ2v) is 7.15. The molecule has 1 atom stereocenters. The topological polar surface area (TPSA) is 72.1 Å². The van der Waals surface area contributed by atoms with E-state index in [-0.39, 0.29) is 11.9 Å². The maximum Gasteiger partial charge on any atom is 0.249 e. The molecule has 1 aliphatic carbocycles. The lowest BCUT2D eigenvalue weighted by molar-refractivity contribution is -0.136. The lowest BCUT2D eigenvalue weighted by Crippen LogP contribution is -2.39. The third-order valence-corrected chi connectivity index (χ3v) is 5.41. The van der Waals surface area contributed by atoms with E-state index in [1.807, 2.05) is 17.0 Å². The van der Waals surface area contributed by atoms with Crippen molar-refractivity contribution >= 4 is 5.91 Å². The van der Waals surface area contributed by atoms with E-state index in [1.165, 1.54) is 25.7 Å². The summed E-state index contributed by atoms with van der Waals surface area (Å²) in [6.07, 6.45) is 12.0. The molecule has 3 heterocycles. The molecular weight excluding hydrogens is 316 g/mol. The Morgan fingerprint density at radius 3 is 2.84 bits per heavy atom. The summed E-state index contributed by atoms with van der Waals surface area (Å²) in [7, 11) is 0. The van der Waals surface area contributed by atoms with Crippen molar-refractivity contribution in [2.24, 2.45) is 5.92 Å². The SMILES string of the molecule is O=C(CC1CCCC1)N1CCCCC1c1nc(-c2cccnc2)no1. The Bertz CT molecular complexity index is 709. The largest absolute Gasteiger partial charge is 0.337 e. The highest BCUT2D eigenvalue weighted by Gasteiger charge is 2.33. The number of aromatic nitrogens is 3. The number of carbonyl (C=O) groups excluding carboxylic acids is 1. The van der Waals surface area contributed by atoms with Gasteiger partial charge in [0, 0.05) is 30.9 Å². The molecule has 2 aromatic rings. The quantitative estimate of drug-likeness (QED) is 0.847. The molecule has 1 aliphatic heterocycles. The summed E-state index contributed by atoms with van der Waals surface area (Å²) in [6, 6.07) is 3.68. The number of likely N-dealkylation sites (tertiary alicyclic amines) is 1. The minimum Gasteiger partial charge on any atom is -0.337 e. The van der Waals surface area contributed by atoms with E-state index in [0.717, 1.165) is 31.4 Å². The van der Waals surface area contributed by atoms with E-state index >= 15 is 0 Å². The first-order valence-corrected chi connectivity index (χ1v) is 9.35. The Hall–Kier alpha value is -2.24. The molecule has 0 bridgehead atoms. The van der Waals surface area contributed by atoms with Crippen LogP contribution in [0.2, 0.25) is 0 Å². The van der Waals surface area contributed by atoms with Crippen LogP contribution in [0.1, 0.15) is 63.3 Å². The maximum atomic E-state index is 12.8. The molecule has 6 heteroatoms. The van der Waals surface area contributed by atoms with Gasteiger partial charge in [-0.15, -0.1) is 0 Å². The first kappa shape index (κ1) is 16.2. The van der Waals surface area contributed by atoms with Crippen LogP contribution in [0.15, 0.2) is 29.0 Å². The first-order chi connectivity index (χ1) is 12.3. The van der Waals surface area contributed by atoms with Gasteiger partial charge in [-0.3, -0.25) is 9.78 Å². The fraction of sp³-hybridized carbons (Fsp3) is 0.579. The predicted molar refractivity (Wildman–Crippen MR) is 92.4 cm³/mol. The zero-order chi connectivity index (χ0) is 17.1. The highest BCUT2D eigenvalue weighted by atomic mass is 16.5. The molecule has 1 saturated carbocycles. The highest BCUT2D eigenvalue weighted by Crippen LogP contribution is 2.34. The molecule has 0 spiro atoms. The minimum atomic E-state index is -0.0828. The Morgan fingerprint density at radius 1 is 1.20 bits per heavy atom. The van der Waals surface area contributed by atoms with Crippen LogP contribution in [0, 0.1) is 5.92 Å². The van der Waals surface area contributed by atoms with Crippen molar-refractivity contribution < 1.29 is 9.32 Å². The van der Waals surface area contributed by atoms with Crippen LogP contribution in [0.3, 0.4) is 0 Å². The molecule has 0 radical (unpaired) electrons. The molecule has 0 N–H and O–H groups in total. The number of piperidine rings is 1. The van der Waals surface area contributed by atoms with E-state index in [1.54, 1.807) is 12.4 Å². The Labute approximate surface area is 147 Å². The average Bonchev–Trinajstić information content (AvgIpc) is 3.34. The van der Waals surface area contributed by atoms with Gasteiger partial charge in [-0.25, -0.2) is 0 Å². The van der Waals surface area contributed by atoms with E-state index in [2.05, 4.69) is 15.1 Å². The molecule has 2 aromatic heterocycles. The Morgan fingerprint density at radius 2 is 2.04 bits per heavy atom. The number of pyridine rings is 1. The molecule has 6 nitrogen and oxygen atoms in total. The third-order valence-electron chi connectivity index (χ3n) is 5.41. The van der Waals surface area contributed by atoms with Crippen molar-refractivity contribution in [3.05, 3.63) is 30.4 Å². The second-order valence-electron chi connectivity index (χ2n) is 7.15. The van der Waals surface area contributed by atoms with Crippen LogP contribution in [0.25, 0.3) is 11.4 Å². The van der Waals surface area contributed by atoms with Crippen molar-refractivity contribution in [2.75, 3.05) is 6.54 Å². The number of hydrogen-bond donors (Lipinski definition) is 0. The first-order valence-electron chi connectivity index (χ1n) is 9.35. The Balaban J connectivity index is 1.51. The molecule has 4 rings (SSSR count). The van der Waals surface area contributed by atoms with Crippen LogP contribution >= 0.6 is 0 Å². The summed E-state index contributed by atoms with van der Waals surface area (Å²) in [4.78, 5) is 23.5. The number of amides is 1. The lowest BCUT2D eigenvalue weighted by atomic mass is 9.98. The summed E-state index contributed by atoms with van der Waals surface area (Å²) in [5, 5.41) is 4.09. The van der Waals surface area contributed by atoms with Crippen molar-refractivity contribution in [2.45, 2.75) is 57.4 Å². The number of hydrogen-bond acceptors (Lipinski definition) is 5. The average molecular weight is 340 g/mol. The monoisotopic (exact) mass is 340 g/mol. The van der Waals surface area contributed by atoms with Gasteiger partial charge in [0.1, 0.15) is 6.04 Å². The maximum absolute atomic E-state index is 12.8. The fourth-order valence-corrected chi connectivity index (χ4v) is 4.05. The summed E-state index contributed by atoms with van der Waals surface area (Å²) < 4.78 is 5.53. The zero-order valence-corrected chi connectivity index (χ0v) is 14.4. The van der Waals surface area contributed by atoms with Gasteiger partial charge >= 0.3 is 0 Å². The molecule has 25 heavy (non-hydrogen) atoms. The second kappa shape index (κ2) is 7.33. The summed E-state index contributed by atoms with van der Waals surface area (Å²) >= 11 is 0. The van der Waals surface area contributed by atoms with Crippen molar-refractivity contribution in [3.8, 4) is 11.4 Å². The van der Waals surface area contributed by atoms with E-state index in [9.17, 15) is 4.79 Å². The summed E-state index contributed by atoms with van der Waals surface area (Å²) in [6.45, 7) is 0.792. The number of carbonyl (C=O) groups is 1. The van der Waals surface area contributed by atoms with E-state index in [0.29, 0.717) is 24.1 Å². The van der Waals surface area contributed by atoms with Gasteiger partial charge in [0.25, 0.3) is 0 Å². The number of nitrogens with zero attached hydrogens (tertiary/aromatic N) is 4. The normalized spacial score (nSPS) is 21.6. The summed E-state index contributed by atoms with van der Waals surface area (Å²) in [5.41, 5.74) is 0.831. The molecule has 2 fully saturated rings. The van der Waals surface area contributed by atoms with Gasteiger partial charge in [-0.1, -0.05) is 18.0 Å². The fourth-order valence-electron chi connectivity index (χ4n) is 4.05. The van der Waals surface area contributed by atoms with Crippen LogP contribution in [0.4, 0.5) is 0 Å². The van der Waals surface area contributed by atoms with Gasteiger partial charge in [-0.05, 0) is 50.2 Å². The van der Waals surface area contributed by atoms with Gasteiger partial charge < -0.3 is 9.42 Å². The molecule has 1 amide bonds. The molecule has 0 aromatic carbocycles. The van der Waals surface area contributed by atoms with E-state index in [4.69, 9.17) is 4.52 Å².